The van der Waals surface area contributed by atoms with E-state index in [0.717, 1.165) is 25.4 Å². The molecular formula is C16H24N2O. The lowest BCUT2D eigenvalue weighted by molar-refractivity contribution is 0.267. The van der Waals surface area contributed by atoms with E-state index in [0.29, 0.717) is 0 Å². The van der Waals surface area contributed by atoms with Crippen LogP contribution in [0.1, 0.15) is 32.3 Å². The van der Waals surface area contributed by atoms with E-state index in [1.165, 1.54) is 29.3 Å². The molecule has 0 unspecified atom stereocenters. The molecule has 0 radical (unpaired) electrons. The number of hydrogen-bond donors (Lipinski definition) is 1. The van der Waals surface area contributed by atoms with Gasteiger partial charge in [-0.2, -0.15) is 0 Å². The number of hydrogen-bond acceptors (Lipinski definition) is 2. The molecule has 0 bridgehead atoms. The third-order valence-electron chi connectivity index (χ3n) is 3.45. The Morgan fingerprint density at radius 2 is 1.89 bits per heavy atom. The molecule has 19 heavy (non-hydrogen) atoms. The Morgan fingerprint density at radius 1 is 1.16 bits per heavy atom. The van der Waals surface area contributed by atoms with E-state index in [9.17, 15) is 0 Å². The molecule has 2 aromatic rings. The first-order chi connectivity index (χ1) is 9.28. The molecule has 0 atom stereocenters. The van der Waals surface area contributed by atoms with Gasteiger partial charge < -0.3 is 9.72 Å². The molecule has 1 N–H and O–H groups in total. The molecular weight excluding hydrogens is 236 g/mol. The number of rotatable bonds is 7. The first-order valence-electron chi connectivity index (χ1n) is 7.14. The van der Waals surface area contributed by atoms with Gasteiger partial charge in [-0.3, -0.25) is 4.90 Å². The summed E-state index contributed by atoms with van der Waals surface area (Å²) >= 11 is 0. The second-order valence-corrected chi connectivity index (χ2v) is 5.00. The number of methoxy groups -OCH3 is 1. The molecule has 1 heterocycles. The maximum atomic E-state index is 5.32. The number of fused-ring (bicyclic) bond motifs is 1. The van der Waals surface area contributed by atoms with Crippen molar-refractivity contribution in [3.63, 3.8) is 0 Å². The highest BCUT2D eigenvalue weighted by Crippen LogP contribution is 2.24. The van der Waals surface area contributed by atoms with Crippen molar-refractivity contribution in [1.82, 2.24) is 9.88 Å². The van der Waals surface area contributed by atoms with Gasteiger partial charge in [0.1, 0.15) is 5.75 Å². The first kappa shape index (κ1) is 13.9. The van der Waals surface area contributed by atoms with Crippen LogP contribution in [0.25, 0.3) is 10.9 Å². The van der Waals surface area contributed by atoms with Crippen LogP contribution in [0.2, 0.25) is 0 Å². The molecule has 3 heteroatoms. The zero-order chi connectivity index (χ0) is 13.7. The Bertz CT molecular complexity index is 512. The van der Waals surface area contributed by atoms with E-state index in [2.05, 4.69) is 42.1 Å². The Kier molecular flexibility index (Phi) is 4.86. The van der Waals surface area contributed by atoms with Gasteiger partial charge in [-0.05, 0) is 49.7 Å². The van der Waals surface area contributed by atoms with Crippen molar-refractivity contribution in [2.24, 2.45) is 0 Å². The van der Waals surface area contributed by atoms with Gasteiger partial charge in [0.05, 0.1) is 7.11 Å². The Labute approximate surface area is 115 Å². The van der Waals surface area contributed by atoms with Crippen molar-refractivity contribution in [1.29, 1.82) is 0 Å². The summed E-state index contributed by atoms with van der Waals surface area (Å²) < 4.78 is 5.32. The van der Waals surface area contributed by atoms with Crippen molar-refractivity contribution in [2.45, 2.75) is 33.2 Å². The topological polar surface area (TPSA) is 28.3 Å². The third-order valence-corrected chi connectivity index (χ3v) is 3.45. The van der Waals surface area contributed by atoms with Crippen molar-refractivity contribution in [3.05, 3.63) is 30.0 Å². The molecule has 1 aromatic heterocycles. The zero-order valence-corrected chi connectivity index (χ0v) is 12.2. The van der Waals surface area contributed by atoms with Gasteiger partial charge in [0.2, 0.25) is 0 Å². The van der Waals surface area contributed by atoms with Gasteiger partial charge in [0, 0.05) is 23.6 Å². The Morgan fingerprint density at radius 3 is 2.53 bits per heavy atom. The van der Waals surface area contributed by atoms with Gasteiger partial charge in [-0.25, -0.2) is 0 Å². The van der Waals surface area contributed by atoms with Gasteiger partial charge in [0.25, 0.3) is 0 Å². The average Bonchev–Trinajstić information content (AvgIpc) is 2.82. The smallest absolute Gasteiger partial charge is 0.119 e. The van der Waals surface area contributed by atoms with Crippen LogP contribution in [0.3, 0.4) is 0 Å². The highest BCUT2D eigenvalue weighted by molar-refractivity contribution is 5.84. The standard InChI is InChI=1S/C16H24N2O/c1-4-8-18(9-5-2)12-13-11-17-16-7-6-14(19-3)10-15(13)16/h6-7,10-11,17H,4-5,8-9,12H2,1-3H3. The number of nitrogens with zero attached hydrogens (tertiary/aromatic N) is 1. The first-order valence-corrected chi connectivity index (χ1v) is 7.14. The molecule has 0 aliphatic rings. The summed E-state index contributed by atoms with van der Waals surface area (Å²) in [7, 11) is 1.72. The monoisotopic (exact) mass is 260 g/mol. The van der Waals surface area contributed by atoms with Gasteiger partial charge in [-0.1, -0.05) is 13.8 Å². The highest BCUT2D eigenvalue weighted by atomic mass is 16.5. The molecule has 1 aromatic carbocycles. The number of benzene rings is 1. The van der Waals surface area contributed by atoms with E-state index >= 15 is 0 Å². The fourth-order valence-electron chi connectivity index (χ4n) is 2.56. The lowest BCUT2D eigenvalue weighted by Crippen LogP contribution is -2.24. The maximum Gasteiger partial charge on any atom is 0.119 e. The second kappa shape index (κ2) is 6.62. The van der Waals surface area contributed by atoms with E-state index in [-0.39, 0.29) is 0 Å². The van der Waals surface area contributed by atoms with Gasteiger partial charge in [-0.15, -0.1) is 0 Å². The van der Waals surface area contributed by atoms with Crippen LogP contribution >= 0.6 is 0 Å². The summed E-state index contributed by atoms with van der Waals surface area (Å²) in [5, 5.41) is 1.27. The quantitative estimate of drug-likeness (QED) is 0.820. The van der Waals surface area contributed by atoms with Crippen molar-refractivity contribution >= 4 is 10.9 Å². The maximum absolute atomic E-state index is 5.32. The number of ether oxygens (including phenoxy) is 1. The molecule has 0 amide bonds. The summed E-state index contributed by atoms with van der Waals surface area (Å²) in [4.78, 5) is 5.86. The van der Waals surface area contributed by atoms with Gasteiger partial charge in [0.15, 0.2) is 0 Å². The molecule has 104 valence electrons. The van der Waals surface area contributed by atoms with E-state index < -0.39 is 0 Å². The molecule has 0 fully saturated rings. The lowest BCUT2D eigenvalue weighted by Gasteiger charge is -2.20. The minimum atomic E-state index is 0.922. The van der Waals surface area contributed by atoms with Crippen LogP contribution in [-0.2, 0) is 6.54 Å². The molecule has 2 rings (SSSR count). The van der Waals surface area contributed by atoms with Crippen molar-refractivity contribution < 1.29 is 4.74 Å². The van der Waals surface area contributed by atoms with E-state index in [1.54, 1.807) is 7.11 Å². The van der Waals surface area contributed by atoms with Crippen LogP contribution < -0.4 is 4.74 Å². The van der Waals surface area contributed by atoms with E-state index in [1.807, 2.05) is 6.07 Å². The number of aromatic amines is 1. The predicted octanol–water partition coefficient (Wildman–Crippen LogP) is 3.80. The molecule has 0 spiro atoms. The minimum Gasteiger partial charge on any atom is -0.497 e. The van der Waals surface area contributed by atoms with Crippen LogP contribution in [-0.4, -0.2) is 30.1 Å². The van der Waals surface area contributed by atoms with Crippen molar-refractivity contribution in [2.75, 3.05) is 20.2 Å². The fraction of sp³-hybridized carbons (Fsp3) is 0.500. The minimum absolute atomic E-state index is 0.922. The van der Waals surface area contributed by atoms with Crippen molar-refractivity contribution in [3.8, 4) is 5.75 Å². The predicted molar refractivity (Wildman–Crippen MR) is 80.7 cm³/mol. The van der Waals surface area contributed by atoms with Crippen LogP contribution in [0.4, 0.5) is 0 Å². The summed E-state index contributed by atoms with van der Waals surface area (Å²) in [6, 6.07) is 6.21. The highest BCUT2D eigenvalue weighted by Gasteiger charge is 2.09. The third kappa shape index (κ3) is 3.29. The average molecular weight is 260 g/mol. The molecule has 3 nitrogen and oxygen atoms in total. The Balaban J connectivity index is 2.23. The molecule has 0 saturated heterocycles. The SMILES string of the molecule is CCCN(CCC)Cc1c[nH]c2ccc(OC)cc12. The van der Waals surface area contributed by atoms with E-state index in [4.69, 9.17) is 4.74 Å². The molecule has 0 saturated carbocycles. The largest absolute Gasteiger partial charge is 0.497 e. The lowest BCUT2D eigenvalue weighted by atomic mass is 10.1. The van der Waals surface area contributed by atoms with Crippen LogP contribution in [0, 0.1) is 0 Å². The normalized spacial score (nSPS) is 11.4. The van der Waals surface area contributed by atoms with Gasteiger partial charge >= 0.3 is 0 Å². The summed E-state index contributed by atoms with van der Waals surface area (Å²) in [6.07, 6.45) is 4.53. The number of aromatic nitrogens is 1. The summed E-state index contributed by atoms with van der Waals surface area (Å²) in [6.45, 7) is 7.80. The summed E-state index contributed by atoms with van der Waals surface area (Å²) in [5.41, 5.74) is 2.54. The Hall–Kier alpha value is -1.48. The molecule has 0 aliphatic carbocycles. The van der Waals surface area contributed by atoms with Crippen LogP contribution in [0.5, 0.6) is 5.75 Å². The van der Waals surface area contributed by atoms with Crippen LogP contribution in [0.15, 0.2) is 24.4 Å². The second-order valence-electron chi connectivity index (χ2n) is 5.00. The zero-order valence-electron chi connectivity index (χ0n) is 12.2. The molecule has 0 aliphatic heterocycles. The summed E-state index contributed by atoms with van der Waals surface area (Å²) in [5.74, 6) is 0.922. The number of nitrogens with one attached hydrogen (secondary N) is 1. The number of H-pyrrole nitrogens is 1. The fourth-order valence-corrected chi connectivity index (χ4v) is 2.56.